The molecule has 5 nitrogen and oxygen atoms in total. The van der Waals surface area contributed by atoms with E-state index >= 15 is 0 Å². The number of benzene rings is 1. The standard InChI is InChI=1S/C20H28N4OS/c1-15-8-10-26-19(15)13-23-20(21-2)22-12-16-7-9-24(14-16)17-5-4-6-18(11-17)25-3/h4-6,8,10-11,16H,7,9,12-14H2,1-3H3,(H2,21,22,23). The molecule has 6 heteroatoms. The van der Waals surface area contributed by atoms with Gasteiger partial charge in [0.25, 0.3) is 0 Å². The van der Waals surface area contributed by atoms with Crippen LogP contribution < -0.4 is 20.3 Å². The van der Waals surface area contributed by atoms with Crippen molar-refractivity contribution >= 4 is 23.0 Å². The van der Waals surface area contributed by atoms with Crippen molar-refractivity contribution in [1.29, 1.82) is 0 Å². The van der Waals surface area contributed by atoms with Gasteiger partial charge in [-0.25, -0.2) is 0 Å². The Morgan fingerprint density at radius 1 is 1.35 bits per heavy atom. The Morgan fingerprint density at radius 2 is 2.23 bits per heavy atom. The molecule has 1 aliphatic heterocycles. The lowest BCUT2D eigenvalue weighted by Gasteiger charge is -2.20. The van der Waals surface area contributed by atoms with Crippen molar-refractivity contribution in [2.24, 2.45) is 10.9 Å². The third-order valence-electron chi connectivity index (χ3n) is 4.87. The molecular weight excluding hydrogens is 344 g/mol. The number of thiophene rings is 1. The van der Waals surface area contributed by atoms with Crippen molar-refractivity contribution in [3.05, 3.63) is 46.2 Å². The molecule has 1 aromatic carbocycles. The molecule has 1 atom stereocenters. The number of nitrogens with zero attached hydrogens (tertiary/aromatic N) is 2. The van der Waals surface area contributed by atoms with Gasteiger partial charge in [-0.15, -0.1) is 11.3 Å². The Kier molecular flexibility index (Phi) is 6.39. The minimum Gasteiger partial charge on any atom is -0.497 e. The summed E-state index contributed by atoms with van der Waals surface area (Å²) in [6, 6.07) is 10.5. The SMILES string of the molecule is CN=C(NCc1sccc1C)NCC1CCN(c2cccc(OC)c2)C1. The lowest BCUT2D eigenvalue weighted by molar-refractivity contribution is 0.415. The molecule has 0 saturated carbocycles. The summed E-state index contributed by atoms with van der Waals surface area (Å²) >= 11 is 1.78. The highest BCUT2D eigenvalue weighted by atomic mass is 32.1. The second-order valence-corrected chi connectivity index (χ2v) is 7.64. The first kappa shape index (κ1) is 18.6. The van der Waals surface area contributed by atoms with Gasteiger partial charge >= 0.3 is 0 Å². The summed E-state index contributed by atoms with van der Waals surface area (Å²) in [5, 5.41) is 9.03. The molecule has 140 valence electrons. The summed E-state index contributed by atoms with van der Waals surface area (Å²) in [6.07, 6.45) is 1.19. The maximum Gasteiger partial charge on any atom is 0.191 e. The Morgan fingerprint density at radius 3 is 2.96 bits per heavy atom. The smallest absolute Gasteiger partial charge is 0.191 e. The van der Waals surface area contributed by atoms with Crippen LogP contribution in [-0.4, -0.2) is 39.8 Å². The third-order valence-corrected chi connectivity index (χ3v) is 5.89. The van der Waals surface area contributed by atoms with Gasteiger partial charge in [-0.05, 0) is 48.4 Å². The molecule has 0 aliphatic carbocycles. The van der Waals surface area contributed by atoms with Crippen LogP contribution in [0.3, 0.4) is 0 Å². The van der Waals surface area contributed by atoms with Gasteiger partial charge < -0.3 is 20.3 Å². The van der Waals surface area contributed by atoms with Gasteiger partial charge in [0.15, 0.2) is 5.96 Å². The van der Waals surface area contributed by atoms with Crippen LogP contribution in [0.15, 0.2) is 40.7 Å². The lowest BCUT2D eigenvalue weighted by atomic mass is 10.1. The van der Waals surface area contributed by atoms with Gasteiger partial charge in [0.2, 0.25) is 0 Å². The minimum atomic E-state index is 0.614. The van der Waals surface area contributed by atoms with Crippen molar-refractivity contribution in [2.75, 3.05) is 38.7 Å². The van der Waals surface area contributed by atoms with Crippen molar-refractivity contribution < 1.29 is 4.74 Å². The molecule has 0 bridgehead atoms. The topological polar surface area (TPSA) is 48.9 Å². The molecule has 0 amide bonds. The fourth-order valence-electron chi connectivity index (χ4n) is 3.25. The molecule has 2 N–H and O–H groups in total. The van der Waals surface area contributed by atoms with Crippen LogP contribution in [0.5, 0.6) is 5.75 Å². The van der Waals surface area contributed by atoms with E-state index in [4.69, 9.17) is 4.74 Å². The molecule has 26 heavy (non-hydrogen) atoms. The number of ether oxygens (including phenoxy) is 1. The van der Waals surface area contributed by atoms with E-state index in [1.807, 2.05) is 13.1 Å². The van der Waals surface area contributed by atoms with E-state index in [-0.39, 0.29) is 0 Å². The van der Waals surface area contributed by atoms with E-state index in [9.17, 15) is 0 Å². The second kappa shape index (κ2) is 8.94. The highest BCUT2D eigenvalue weighted by Crippen LogP contribution is 2.26. The zero-order valence-electron chi connectivity index (χ0n) is 15.8. The molecule has 1 fully saturated rings. The predicted molar refractivity (Wildman–Crippen MR) is 111 cm³/mol. The van der Waals surface area contributed by atoms with Gasteiger partial charge in [0.05, 0.1) is 13.7 Å². The van der Waals surface area contributed by atoms with Crippen LogP contribution in [0.1, 0.15) is 16.9 Å². The monoisotopic (exact) mass is 372 g/mol. The maximum absolute atomic E-state index is 5.34. The number of methoxy groups -OCH3 is 1. The van der Waals surface area contributed by atoms with Crippen molar-refractivity contribution in [3.63, 3.8) is 0 Å². The van der Waals surface area contributed by atoms with Gasteiger partial charge in [-0.2, -0.15) is 0 Å². The van der Waals surface area contributed by atoms with Crippen molar-refractivity contribution in [2.45, 2.75) is 19.9 Å². The summed E-state index contributed by atoms with van der Waals surface area (Å²) in [7, 11) is 3.54. The Labute approximate surface area is 160 Å². The number of rotatable bonds is 6. The van der Waals surface area contributed by atoms with Crippen LogP contribution in [-0.2, 0) is 6.54 Å². The van der Waals surface area contributed by atoms with Crippen LogP contribution in [0.4, 0.5) is 5.69 Å². The van der Waals surface area contributed by atoms with E-state index in [2.05, 4.69) is 57.1 Å². The zero-order chi connectivity index (χ0) is 18.4. The number of aryl methyl sites for hydroxylation is 1. The van der Waals surface area contributed by atoms with Crippen LogP contribution in [0.25, 0.3) is 0 Å². The highest BCUT2D eigenvalue weighted by Gasteiger charge is 2.23. The molecule has 3 rings (SSSR count). The third kappa shape index (κ3) is 4.69. The largest absolute Gasteiger partial charge is 0.497 e. The summed E-state index contributed by atoms with van der Waals surface area (Å²) in [5.41, 5.74) is 2.57. The van der Waals surface area contributed by atoms with E-state index in [0.717, 1.165) is 37.9 Å². The molecule has 1 aromatic heterocycles. The summed E-state index contributed by atoms with van der Waals surface area (Å²) in [5.74, 6) is 2.40. The molecule has 1 aliphatic rings. The number of hydrogen-bond acceptors (Lipinski definition) is 4. The first-order chi connectivity index (χ1) is 12.7. The average molecular weight is 373 g/mol. The predicted octanol–water partition coefficient (Wildman–Crippen LogP) is 3.26. The highest BCUT2D eigenvalue weighted by molar-refractivity contribution is 7.10. The molecule has 0 spiro atoms. The van der Waals surface area contributed by atoms with Crippen LogP contribution in [0.2, 0.25) is 0 Å². The molecule has 2 heterocycles. The fraction of sp³-hybridized carbons (Fsp3) is 0.450. The van der Waals surface area contributed by atoms with Gasteiger partial charge in [-0.1, -0.05) is 6.07 Å². The second-order valence-electron chi connectivity index (χ2n) is 6.64. The van der Waals surface area contributed by atoms with Gasteiger partial charge in [0, 0.05) is 43.3 Å². The normalized spacial score (nSPS) is 17.4. The lowest BCUT2D eigenvalue weighted by Crippen LogP contribution is -2.39. The first-order valence-corrected chi connectivity index (χ1v) is 9.94. The fourth-order valence-corrected chi connectivity index (χ4v) is 4.10. The number of hydrogen-bond donors (Lipinski definition) is 2. The van der Waals surface area contributed by atoms with Gasteiger partial charge in [0.1, 0.15) is 5.75 Å². The van der Waals surface area contributed by atoms with E-state index in [1.54, 1.807) is 18.4 Å². The molecule has 1 unspecified atom stereocenters. The molecular formula is C20H28N4OS. The van der Waals surface area contributed by atoms with Crippen molar-refractivity contribution in [1.82, 2.24) is 10.6 Å². The summed E-state index contributed by atoms with van der Waals surface area (Å²) < 4.78 is 5.34. The average Bonchev–Trinajstić information content (AvgIpc) is 3.31. The molecule has 1 saturated heterocycles. The zero-order valence-corrected chi connectivity index (χ0v) is 16.6. The summed E-state index contributed by atoms with van der Waals surface area (Å²) in [6.45, 7) is 6.05. The van der Waals surface area contributed by atoms with Crippen LogP contribution >= 0.6 is 11.3 Å². The maximum atomic E-state index is 5.34. The number of anilines is 1. The van der Waals surface area contributed by atoms with Crippen LogP contribution in [0, 0.1) is 12.8 Å². The molecule has 2 aromatic rings. The van der Waals surface area contributed by atoms with E-state index in [0.29, 0.717) is 5.92 Å². The van der Waals surface area contributed by atoms with E-state index in [1.165, 1.54) is 22.5 Å². The molecule has 0 radical (unpaired) electrons. The summed E-state index contributed by atoms with van der Waals surface area (Å²) in [4.78, 5) is 8.14. The quantitative estimate of drug-likeness (QED) is 0.604. The first-order valence-electron chi connectivity index (χ1n) is 9.06. The number of guanidine groups is 1. The van der Waals surface area contributed by atoms with E-state index < -0.39 is 0 Å². The Hall–Kier alpha value is -2.21. The number of aliphatic imine (C=N–C) groups is 1. The minimum absolute atomic E-state index is 0.614. The van der Waals surface area contributed by atoms with Gasteiger partial charge in [-0.3, -0.25) is 4.99 Å². The Balaban J connectivity index is 1.46. The number of nitrogens with one attached hydrogen (secondary N) is 2. The Bertz CT molecular complexity index is 743. The van der Waals surface area contributed by atoms with Crippen molar-refractivity contribution in [3.8, 4) is 5.75 Å².